The van der Waals surface area contributed by atoms with E-state index in [9.17, 15) is 9.59 Å². The largest absolute Gasteiger partial charge is 0.461 e. The first kappa shape index (κ1) is 20.6. The number of hydrogen-bond acceptors (Lipinski definition) is 5. The van der Waals surface area contributed by atoms with Crippen LogP contribution >= 0.6 is 0 Å². The molecule has 2 aromatic carbocycles. The molecule has 0 unspecified atom stereocenters. The van der Waals surface area contributed by atoms with Gasteiger partial charge in [0.2, 0.25) is 0 Å². The third kappa shape index (κ3) is 6.87. The summed E-state index contributed by atoms with van der Waals surface area (Å²) >= 11 is 0. The van der Waals surface area contributed by atoms with Crippen LogP contribution in [0.4, 0.5) is 5.69 Å². The lowest BCUT2D eigenvalue weighted by molar-refractivity contribution is 0.0466. The lowest BCUT2D eigenvalue weighted by atomic mass is 10.1. The van der Waals surface area contributed by atoms with E-state index in [4.69, 9.17) is 4.74 Å². The highest BCUT2D eigenvalue weighted by molar-refractivity contribution is 5.96. The van der Waals surface area contributed by atoms with Crippen molar-refractivity contribution in [2.45, 2.75) is 20.3 Å². The number of ether oxygens (including phenoxy) is 1. The fourth-order valence-corrected chi connectivity index (χ4v) is 2.70. The minimum absolute atomic E-state index is 0.108. The number of carbonyl (C=O) groups excluding carboxylic acids is 2. The third-order valence-corrected chi connectivity index (χ3v) is 4.43. The van der Waals surface area contributed by atoms with Crippen LogP contribution in [0.1, 0.15) is 41.0 Å². The summed E-state index contributed by atoms with van der Waals surface area (Å²) in [6.07, 6.45) is 0.416. The van der Waals surface area contributed by atoms with Crippen LogP contribution in [-0.4, -0.2) is 49.4 Å². The van der Waals surface area contributed by atoms with E-state index in [0.717, 1.165) is 30.9 Å². The van der Waals surface area contributed by atoms with Crippen molar-refractivity contribution in [1.82, 2.24) is 4.90 Å². The Morgan fingerprint density at radius 2 is 1.59 bits per heavy atom. The molecule has 0 aliphatic heterocycles. The average molecular weight is 368 g/mol. The highest BCUT2D eigenvalue weighted by atomic mass is 16.5. The zero-order valence-electron chi connectivity index (χ0n) is 16.1. The SMILES string of the molecule is CCN(CC)CCOC(=O)c1ccc(NCCC(=O)c2ccccc2)cc1. The Labute approximate surface area is 161 Å². The molecule has 5 heteroatoms. The van der Waals surface area contributed by atoms with Gasteiger partial charge in [-0.25, -0.2) is 4.79 Å². The molecule has 1 N–H and O–H groups in total. The molecule has 0 saturated carbocycles. The van der Waals surface area contributed by atoms with E-state index in [1.807, 2.05) is 42.5 Å². The van der Waals surface area contributed by atoms with Crippen LogP contribution in [0.25, 0.3) is 0 Å². The van der Waals surface area contributed by atoms with Gasteiger partial charge in [0.25, 0.3) is 0 Å². The van der Waals surface area contributed by atoms with Gasteiger partial charge in [0, 0.05) is 30.8 Å². The Balaban J connectivity index is 1.74. The lowest BCUT2D eigenvalue weighted by Gasteiger charge is -2.17. The summed E-state index contributed by atoms with van der Waals surface area (Å²) in [4.78, 5) is 26.3. The monoisotopic (exact) mass is 368 g/mol. The Morgan fingerprint density at radius 1 is 0.926 bits per heavy atom. The van der Waals surface area contributed by atoms with Crippen LogP contribution in [0.3, 0.4) is 0 Å². The molecule has 0 aromatic heterocycles. The van der Waals surface area contributed by atoms with Crippen molar-refractivity contribution in [3.05, 3.63) is 65.7 Å². The Kier molecular flexibility index (Phi) is 8.52. The van der Waals surface area contributed by atoms with Crippen molar-refractivity contribution in [2.24, 2.45) is 0 Å². The Hall–Kier alpha value is -2.66. The molecule has 0 amide bonds. The maximum atomic E-state index is 12.1. The minimum Gasteiger partial charge on any atom is -0.461 e. The first-order valence-electron chi connectivity index (χ1n) is 9.45. The van der Waals surface area contributed by atoms with Crippen molar-refractivity contribution in [3.63, 3.8) is 0 Å². The van der Waals surface area contributed by atoms with E-state index in [-0.39, 0.29) is 11.8 Å². The molecule has 0 saturated heterocycles. The number of hydrogen-bond donors (Lipinski definition) is 1. The Morgan fingerprint density at radius 3 is 2.22 bits per heavy atom. The molecule has 0 aliphatic rings. The average Bonchev–Trinajstić information content (AvgIpc) is 2.72. The fraction of sp³-hybridized carbons (Fsp3) is 0.364. The standard InChI is InChI=1S/C22H28N2O3/c1-3-24(4-2)16-17-27-22(26)19-10-12-20(13-11-19)23-15-14-21(25)18-8-6-5-7-9-18/h5-13,23H,3-4,14-17H2,1-2H3. The number of esters is 1. The summed E-state index contributed by atoms with van der Waals surface area (Å²) in [5.74, 6) is -0.204. The number of Topliss-reactive ketones (excluding diaryl/α,β-unsaturated/α-hetero) is 1. The molecule has 0 radical (unpaired) electrons. The Bertz CT molecular complexity index is 710. The zero-order chi connectivity index (χ0) is 19.5. The summed E-state index contributed by atoms with van der Waals surface area (Å²) in [7, 11) is 0. The molecule has 2 aromatic rings. The number of anilines is 1. The van der Waals surface area contributed by atoms with Crippen LogP contribution in [0.2, 0.25) is 0 Å². The van der Waals surface area contributed by atoms with Crippen LogP contribution in [0, 0.1) is 0 Å². The second-order valence-corrected chi connectivity index (χ2v) is 6.21. The molecular weight excluding hydrogens is 340 g/mol. The van der Waals surface area contributed by atoms with Gasteiger partial charge in [-0.1, -0.05) is 44.2 Å². The fourth-order valence-electron chi connectivity index (χ4n) is 2.70. The van der Waals surface area contributed by atoms with E-state index in [1.54, 1.807) is 12.1 Å². The van der Waals surface area contributed by atoms with Crippen molar-refractivity contribution < 1.29 is 14.3 Å². The van der Waals surface area contributed by atoms with Gasteiger partial charge in [-0.15, -0.1) is 0 Å². The molecule has 0 aliphatic carbocycles. The van der Waals surface area contributed by atoms with E-state index in [1.165, 1.54) is 0 Å². The minimum atomic E-state index is -0.312. The predicted octanol–water partition coefficient (Wildman–Crippen LogP) is 3.87. The first-order valence-corrected chi connectivity index (χ1v) is 9.45. The molecular formula is C22H28N2O3. The molecule has 5 nitrogen and oxygen atoms in total. The number of rotatable bonds is 11. The van der Waals surface area contributed by atoms with E-state index in [2.05, 4.69) is 24.1 Å². The summed E-state index contributed by atoms with van der Waals surface area (Å²) in [5.41, 5.74) is 2.12. The lowest BCUT2D eigenvalue weighted by Crippen LogP contribution is -2.27. The van der Waals surface area contributed by atoms with Gasteiger partial charge >= 0.3 is 5.97 Å². The highest BCUT2D eigenvalue weighted by Crippen LogP contribution is 2.11. The quantitative estimate of drug-likeness (QED) is 0.482. The van der Waals surface area contributed by atoms with Gasteiger partial charge in [-0.2, -0.15) is 0 Å². The number of likely N-dealkylation sites (N-methyl/N-ethyl adjacent to an activating group) is 1. The maximum absolute atomic E-state index is 12.1. The molecule has 2 rings (SSSR count). The van der Waals surface area contributed by atoms with Gasteiger partial charge in [-0.05, 0) is 37.4 Å². The molecule has 0 atom stereocenters. The predicted molar refractivity (Wildman–Crippen MR) is 108 cm³/mol. The summed E-state index contributed by atoms with van der Waals surface area (Å²) in [6, 6.07) is 16.4. The summed E-state index contributed by atoms with van der Waals surface area (Å²) < 4.78 is 5.32. The topological polar surface area (TPSA) is 58.6 Å². The van der Waals surface area contributed by atoms with Crippen molar-refractivity contribution >= 4 is 17.4 Å². The second-order valence-electron chi connectivity index (χ2n) is 6.21. The molecule has 27 heavy (non-hydrogen) atoms. The van der Waals surface area contributed by atoms with Crippen LogP contribution in [0.15, 0.2) is 54.6 Å². The van der Waals surface area contributed by atoms with Gasteiger partial charge in [0.1, 0.15) is 6.61 Å². The normalized spacial score (nSPS) is 10.6. The van der Waals surface area contributed by atoms with E-state index >= 15 is 0 Å². The van der Waals surface area contributed by atoms with Crippen LogP contribution in [-0.2, 0) is 4.74 Å². The smallest absolute Gasteiger partial charge is 0.338 e. The van der Waals surface area contributed by atoms with Crippen molar-refractivity contribution in [1.29, 1.82) is 0 Å². The van der Waals surface area contributed by atoms with Gasteiger partial charge in [0.05, 0.1) is 5.56 Å². The van der Waals surface area contributed by atoms with Crippen LogP contribution in [0.5, 0.6) is 0 Å². The number of benzene rings is 2. The van der Waals surface area contributed by atoms with Crippen molar-refractivity contribution in [3.8, 4) is 0 Å². The molecule has 0 bridgehead atoms. The van der Waals surface area contributed by atoms with Crippen molar-refractivity contribution in [2.75, 3.05) is 38.1 Å². The molecule has 144 valence electrons. The van der Waals surface area contributed by atoms with E-state index in [0.29, 0.717) is 25.1 Å². The maximum Gasteiger partial charge on any atom is 0.338 e. The van der Waals surface area contributed by atoms with Gasteiger partial charge in [0.15, 0.2) is 5.78 Å². The molecule has 0 spiro atoms. The van der Waals surface area contributed by atoms with Gasteiger partial charge < -0.3 is 15.0 Å². The number of nitrogens with zero attached hydrogens (tertiary/aromatic N) is 1. The first-order chi connectivity index (χ1) is 13.1. The third-order valence-electron chi connectivity index (χ3n) is 4.43. The highest BCUT2D eigenvalue weighted by Gasteiger charge is 2.08. The second kappa shape index (κ2) is 11.1. The summed E-state index contributed by atoms with van der Waals surface area (Å²) in [6.45, 7) is 7.74. The van der Waals surface area contributed by atoms with Gasteiger partial charge in [-0.3, -0.25) is 4.79 Å². The molecule has 0 heterocycles. The summed E-state index contributed by atoms with van der Waals surface area (Å²) in [5, 5.41) is 3.21. The van der Waals surface area contributed by atoms with Crippen LogP contribution < -0.4 is 5.32 Å². The number of ketones is 1. The number of nitrogens with one attached hydrogen (secondary N) is 1. The zero-order valence-corrected chi connectivity index (χ0v) is 16.1. The number of carbonyl (C=O) groups is 2. The molecule has 0 fully saturated rings. The van der Waals surface area contributed by atoms with E-state index < -0.39 is 0 Å².